The largest absolute Gasteiger partial charge is 0.364 e. The molecular weight excluding hydrogens is 194 g/mol. The molecular formula is C15H11N. The summed E-state index contributed by atoms with van der Waals surface area (Å²) in [5.74, 6) is 0. The Balaban J connectivity index is 2.20. The van der Waals surface area contributed by atoms with Crippen LogP contribution in [0.4, 0.5) is 0 Å². The standard InChI is InChI=1S/C15H11N/c1-2-4-12-10(3-1)5-6-11-9-14-13(15(11)12)7-8-16-14/h1-8,16H,9H2. The van der Waals surface area contributed by atoms with Crippen molar-refractivity contribution in [2.45, 2.75) is 6.42 Å². The fourth-order valence-electron chi connectivity index (χ4n) is 2.76. The number of hydrogen-bond acceptors (Lipinski definition) is 0. The second-order valence-corrected chi connectivity index (χ2v) is 4.37. The molecule has 1 aliphatic carbocycles. The van der Waals surface area contributed by atoms with Crippen molar-refractivity contribution >= 4 is 10.8 Å². The minimum absolute atomic E-state index is 1.04. The van der Waals surface area contributed by atoms with Gasteiger partial charge in [-0.25, -0.2) is 0 Å². The van der Waals surface area contributed by atoms with Crippen LogP contribution in [0.25, 0.3) is 21.9 Å². The van der Waals surface area contributed by atoms with Gasteiger partial charge in [-0.15, -0.1) is 0 Å². The summed E-state index contributed by atoms with van der Waals surface area (Å²) in [5, 5.41) is 2.70. The van der Waals surface area contributed by atoms with Crippen molar-refractivity contribution in [1.82, 2.24) is 4.98 Å². The molecule has 1 N–H and O–H groups in total. The van der Waals surface area contributed by atoms with Crippen LogP contribution >= 0.6 is 0 Å². The molecule has 0 atom stereocenters. The number of fused-ring (bicyclic) bond motifs is 5. The maximum atomic E-state index is 3.33. The number of aromatic amines is 1. The molecule has 0 amide bonds. The fraction of sp³-hybridized carbons (Fsp3) is 0.0667. The van der Waals surface area contributed by atoms with Crippen LogP contribution in [0.1, 0.15) is 11.3 Å². The molecule has 2 aromatic carbocycles. The summed E-state index contributed by atoms with van der Waals surface area (Å²) in [6, 6.07) is 15.3. The van der Waals surface area contributed by atoms with E-state index in [9.17, 15) is 0 Å². The molecule has 1 aromatic heterocycles. The molecule has 1 nitrogen and oxygen atoms in total. The maximum Gasteiger partial charge on any atom is 0.0271 e. The van der Waals surface area contributed by atoms with Gasteiger partial charge in [-0.2, -0.15) is 0 Å². The Morgan fingerprint density at radius 2 is 1.88 bits per heavy atom. The Bertz CT molecular complexity index is 691. The summed E-state index contributed by atoms with van der Waals surface area (Å²) in [6.07, 6.45) is 3.08. The number of benzene rings is 2. The molecule has 0 spiro atoms. The zero-order valence-electron chi connectivity index (χ0n) is 8.83. The highest BCUT2D eigenvalue weighted by molar-refractivity contribution is 6.00. The molecule has 1 aliphatic rings. The lowest BCUT2D eigenvalue weighted by atomic mass is 9.99. The minimum atomic E-state index is 1.04. The predicted molar refractivity (Wildman–Crippen MR) is 66.5 cm³/mol. The number of nitrogens with one attached hydrogen (secondary N) is 1. The zero-order chi connectivity index (χ0) is 10.5. The Morgan fingerprint density at radius 1 is 0.938 bits per heavy atom. The average molecular weight is 205 g/mol. The first-order chi connectivity index (χ1) is 7.93. The van der Waals surface area contributed by atoms with Crippen LogP contribution in [-0.2, 0) is 6.42 Å². The molecule has 0 saturated heterocycles. The summed E-state index contributed by atoms with van der Waals surface area (Å²) in [5.41, 5.74) is 5.60. The number of hydrogen-bond donors (Lipinski definition) is 1. The molecule has 0 fully saturated rings. The molecule has 0 radical (unpaired) electrons. The van der Waals surface area contributed by atoms with Crippen molar-refractivity contribution in [2.75, 3.05) is 0 Å². The molecule has 76 valence electrons. The molecule has 0 aliphatic heterocycles. The lowest BCUT2D eigenvalue weighted by Gasteiger charge is -2.05. The van der Waals surface area contributed by atoms with Crippen molar-refractivity contribution in [2.24, 2.45) is 0 Å². The van der Waals surface area contributed by atoms with Gasteiger partial charge in [-0.05, 0) is 28.0 Å². The highest BCUT2D eigenvalue weighted by Crippen LogP contribution is 2.40. The second kappa shape index (κ2) is 2.76. The predicted octanol–water partition coefficient (Wildman–Crippen LogP) is 3.74. The van der Waals surface area contributed by atoms with Crippen molar-refractivity contribution in [3.05, 3.63) is 59.9 Å². The first-order valence-electron chi connectivity index (χ1n) is 5.61. The summed E-state index contributed by atoms with van der Waals surface area (Å²) in [4.78, 5) is 3.33. The normalized spacial score (nSPS) is 12.8. The Morgan fingerprint density at radius 3 is 2.88 bits per heavy atom. The van der Waals surface area contributed by atoms with Gasteiger partial charge in [0.1, 0.15) is 0 Å². The van der Waals surface area contributed by atoms with Crippen LogP contribution in [0.5, 0.6) is 0 Å². The molecule has 16 heavy (non-hydrogen) atoms. The van der Waals surface area contributed by atoms with Crippen molar-refractivity contribution in [3.8, 4) is 11.1 Å². The van der Waals surface area contributed by atoms with E-state index in [1.54, 1.807) is 0 Å². The maximum absolute atomic E-state index is 3.33. The smallest absolute Gasteiger partial charge is 0.0271 e. The van der Waals surface area contributed by atoms with E-state index < -0.39 is 0 Å². The van der Waals surface area contributed by atoms with E-state index in [2.05, 4.69) is 47.4 Å². The van der Waals surface area contributed by atoms with Gasteiger partial charge in [0.15, 0.2) is 0 Å². The van der Waals surface area contributed by atoms with Gasteiger partial charge < -0.3 is 4.98 Å². The molecule has 0 unspecified atom stereocenters. The first-order valence-corrected chi connectivity index (χ1v) is 5.61. The summed E-state index contributed by atoms with van der Waals surface area (Å²) in [6.45, 7) is 0. The monoisotopic (exact) mass is 205 g/mol. The first kappa shape index (κ1) is 8.17. The molecule has 1 heterocycles. The SMILES string of the molecule is c1ccc2c3c(ccc2c1)Cc1[nH]ccc1-3. The van der Waals surface area contributed by atoms with E-state index in [1.165, 1.54) is 33.2 Å². The van der Waals surface area contributed by atoms with Gasteiger partial charge in [0.05, 0.1) is 0 Å². The van der Waals surface area contributed by atoms with Gasteiger partial charge in [-0.3, -0.25) is 0 Å². The van der Waals surface area contributed by atoms with Crippen LogP contribution in [0.15, 0.2) is 48.7 Å². The van der Waals surface area contributed by atoms with Crippen LogP contribution in [0.3, 0.4) is 0 Å². The second-order valence-electron chi connectivity index (χ2n) is 4.37. The van der Waals surface area contributed by atoms with E-state index in [-0.39, 0.29) is 0 Å². The topological polar surface area (TPSA) is 15.8 Å². The summed E-state index contributed by atoms with van der Waals surface area (Å²) in [7, 11) is 0. The molecule has 3 aromatic rings. The van der Waals surface area contributed by atoms with Crippen molar-refractivity contribution < 1.29 is 0 Å². The van der Waals surface area contributed by atoms with E-state index in [4.69, 9.17) is 0 Å². The number of rotatable bonds is 0. The van der Waals surface area contributed by atoms with Gasteiger partial charge in [0, 0.05) is 23.9 Å². The average Bonchev–Trinajstić information content (AvgIpc) is 2.88. The fourth-order valence-corrected chi connectivity index (χ4v) is 2.76. The van der Waals surface area contributed by atoms with Gasteiger partial charge in [0.25, 0.3) is 0 Å². The van der Waals surface area contributed by atoms with Crippen LogP contribution in [0, 0.1) is 0 Å². The molecule has 1 heteroatoms. The van der Waals surface area contributed by atoms with Crippen molar-refractivity contribution in [3.63, 3.8) is 0 Å². The van der Waals surface area contributed by atoms with Crippen LogP contribution < -0.4 is 0 Å². The van der Waals surface area contributed by atoms with Gasteiger partial charge in [0.2, 0.25) is 0 Å². The highest BCUT2D eigenvalue weighted by atomic mass is 14.7. The molecule has 4 rings (SSSR count). The lowest BCUT2D eigenvalue weighted by molar-refractivity contribution is 1.15. The minimum Gasteiger partial charge on any atom is -0.364 e. The number of H-pyrrole nitrogens is 1. The van der Waals surface area contributed by atoms with Gasteiger partial charge >= 0.3 is 0 Å². The third-order valence-corrected chi connectivity index (χ3v) is 3.48. The third kappa shape index (κ3) is 0.904. The lowest BCUT2D eigenvalue weighted by Crippen LogP contribution is -1.83. The third-order valence-electron chi connectivity index (χ3n) is 3.48. The quantitative estimate of drug-likeness (QED) is 0.450. The van der Waals surface area contributed by atoms with Crippen LogP contribution in [0.2, 0.25) is 0 Å². The highest BCUT2D eigenvalue weighted by Gasteiger charge is 2.20. The Labute approximate surface area is 93.7 Å². The Kier molecular flexibility index (Phi) is 1.41. The van der Waals surface area contributed by atoms with Gasteiger partial charge in [-0.1, -0.05) is 36.4 Å². The Hall–Kier alpha value is -2.02. The van der Waals surface area contributed by atoms with Crippen molar-refractivity contribution in [1.29, 1.82) is 0 Å². The van der Waals surface area contributed by atoms with E-state index in [1.807, 2.05) is 6.20 Å². The molecule has 0 bridgehead atoms. The zero-order valence-corrected chi connectivity index (χ0v) is 8.83. The van der Waals surface area contributed by atoms with E-state index >= 15 is 0 Å². The van der Waals surface area contributed by atoms with E-state index in [0.29, 0.717) is 0 Å². The van der Waals surface area contributed by atoms with E-state index in [0.717, 1.165) is 6.42 Å². The number of aromatic nitrogens is 1. The molecule has 0 saturated carbocycles. The summed E-state index contributed by atoms with van der Waals surface area (Å²) >= 11 is 0. The van der Waals surface area contributed by atoms with Crippen LogP contribution in [-0.4, -0.2) is 4.98 Å². The summed E-state index contributed by atoms with van der Waals surface area (Å²) < 4.78 is 0.